The number of benzene rings is 1. The molecule has 0 aliphatic rings. The summed E-state index contributed by atoms with van der Waals surface area (Å²) in [6.07, 6.45) is 0. The molecule has 0 saturated heterocycles. The summed E-state index contributed by atoms with van der Waals surface area (Å²) in [7, 11) is -1.68. The average molecular weight is 219 g/mol. The van der Waals surface area contributed by atoms with Gasteiger partial charge in [0.15, 0.2) is 0 Å². The van der Waals surface area contributed by atoms with Gasteiger partial charge in [-0.15, -0.1) is 22.2 Å². The Labute approximate surface area is 84.5 Å². The maximum atomic E-state index is 5.96. The summed E-state index contributed by atoms with van der Waals surface area (Å²) in [5.74, 6) is 0.508. The highest BCUT2D eigenvalue weighted by atomic mass is 35.7. The zero-order valence-corrected chi connectivity index (χ0v) is 9.89. The third-order valence-electron chi connectivity index (χ3n) is 1.85. The number of hydrogen-bond acceptors (Lipinski definition) is 0. The van der Waals surface area contributed by atoms with Crippen molar-refractivity contribution in [2.24, 2.45) is 0 Å². The molecule has 12 heavy (non-hydrogen) atoms. The average Bonchev–Trinajstić information content (AvgIpc) is 2.04. The third-order valence-corrected chi connectivity index (χ3v) is 4.26. The van der Waals surface area contributed by atoms with Gasteiger partial charge in [-0.25, -0.2) is 0 Å². The highest BCUT2D eigenvalue weighted by molar-refractivity contribution is 7.39. The van der Waals surface area contributed by atoms with Gasteiger partial charge in [-0.2, -0.15) is 0 Å². The van der Waals surface area contributed by atoms with Gasteiger partial charge >= 0.3 is 0 Å². The molecule has 0 aliphatic heterocycles. The standard InChI is InChI=1S/C9H12Cl2Si/c1-7(2)8-5-3-4-6-9(8)12(10)11/h3-7,12H,1-2H3. The Hall–Kier alpha value is 0.0169. The van der Waals surface area contributed by atoms with E-state index in [1.165, 1.54) is 5.56 Å². The molecule has 3 heteroatoms. The quantitative estimate of drug-likeness (QED) is 0.530. The molecule has 0 amide bonds. The predicted molar refractivity (Wildman–Crippen MR) is 59.0 cm³/mol. The number of hydrogen-bond donors (Lipinski definition) is 0. The first-order chi connectivity index (χ1) is 5.63. The molecular formula is C9H12Cl2Si. The molecule has 0 aliphatic carbocycles. The first kappa shape index (κ1) is 10.1. The lowest BCUT2D eigenvalue weighted by molar-refractivity contribution is 0.873. The van der Waals surface area contributed by atoms with Crippen LogP contribution < -0.4 is 5.19 Å². The highest BCUT2D eigenvalue weighted by Gasteiger charge is 2.12. The van der Waals surface area contributed by atoms with Crippen LogP contribution in [0.15, 0.2) is 24.3 Å². The molecule has 1 aromatic rings. The van der Waals surface area contributed by atoms with E-state index in [-0.39, 0.29) is 0 Å². The van der Waals surface area contributed by atoms with Crippen molar-refractivity contribution in [1.82, 2.24) is 0 Å². The van der Waals surface area contributed by atoms with Crippen LogP contribution in [-0.2, 0) is 0 Å². The summed E-state index contributed by atoms with van der Waals surface area (Å²) >= 11 is 11.9. The molecule has 0 aromatic heterocycles. The van der Waals surface area contributed by atoms with Crippen LogP contribution in [-0.4, -0.2) is 7.42 Å². The minimum absolute atomic E-state index is 0.508. The molecular weight excluding hydrogens is 207 g/mol. The minimum Gasteiger partial charge on any atom is -0.144 e. The lowest BCUT2D eigenvalue weighted by Gasteiger charge is -2.11. The van der Waals surface area contributed by atoms with Gasteiger partial charge in [-0.05, 0) is 16.7 Å². The maximum absolute atomic E-state index is 5.96. The van der Waals surface area contributed by atoms with Gasteiger partial charge in [0.2, 0.25) is 0 Å². The second-order valence-corrected chi connectivity index (χ2v) is 7.60. The minimum atomic E-state index is -1.68. The molecule has 0 nitrogen and oxygen atoms in total. The summed E-state index contributed by atoms with van der Waals surface area (Å²) < 4.78 is 0. The van der Waals surface area contributed by atoms with Crippen LogP contribution in [0.25, 0.3) is 0 Å². The van der Waals surface area contributed by atoms with E-state index < -0.39 is 7.42 Å². The van der Waals surface area contributed by atoms with Gasteiger partial charge in [0.1, 0.15) is 0 Å². The molecule has 0 fully saturated rings. The molecule has 1 rings (SSSR count). The van der Waals surface area contributed by atoms with Crippen LogP contribution in [0.4, 0.5) is 0 Å². The first-order valence-electron chi connectivity index (χ1n) is 4.00. The predicted octanol–water partition coefficient (Wildman–Crippen LogP) is 2.72. The molecule has 0 spiro atoms. The fourth-order valence-corrected chi connectivity index (χ4v) is 3.37. The van der Waals surface area contributed by atoms with Crippen molar-refractivity contribution < 1.29 is 0 Å². The summed E-state index contributed by atoms with van der Waals surface area (Å²) in [5, 5.41) is 1.16. The van der Waals surface area contributed by atoms with Crippen molar-refractivity contribution in [2.75, 3.05) is 0 Å². The van der Waals surface area contributed by atoms with Crippen LogP contribution in [0.5, 0.6) is 0 Å². The Morgan fingerprint density at radius 1 is 1.17 bits per heavy atom. The molecule has 0 N–H and O–H groups in total. The fraction of sp³-hybridized carbons (Fsp3) is 0.333. The van der Waals surface area contributed by atoms with Crippen molar-refractivity contribution in [1.29, 1.82) is 0 Å². The van der Waals surface area contributed by atoms with E-state index in [0.717, 1.165) is 5.19 Å². The topological polar surface area (TPSA) is 0 Å². The van der Waals surface area contributed by atoms with Crippen molar-refractivity contribution in [3.8, 4) is 0 Å². The van der Waals surface area contributed by atoms with Crippen LogP contribution in [0.2, 0.25) is 0 Å². The molecule has 0 heterocycles. The zero-order chi connectivity index (χ0) is 9.14. The fourth-order valence-electron chi connectivity index (χ4n) is 1.24. The molecule has 66 valence electrons. The molecule has 0 unspecified atom stereocenters. The normalized spacial score (nSPS) is 11.2. The summed E-state index contributed by atoms with van der Waals surface area (Å²) in [4.78, 5) is 0. The molecule has 1 aromatic carbocycles. The highest BCUT2D eigenvalue weighted by Crippen LogP contribution is 2.13. The van der Waals surface area contributed by atoms with Crippen molar-refractivity contribution in [3.63, 3.8) is 0 Å². The van der Waals surface area contributed by atoms with Crippen molar-refractivity contribution in [2.45, 2.75) is 19.8 Å². The van der Waals surface area contributed by atoms with E-state index in [9.17, 15) is 0 Å². The Balaban J connectivity index is 3.09. The summed E-state index contributed by atoms with van der Waals surface area (Å²) in [6.45, 7) is 4.31. The summed E-state index contributed by atoms with van der Waals surface area (Å²) in [5.41, 5.74) is 1.29. The van der Waals surface area contributed by atoms with E-state index in [1.54, 1.807) is 0 Å². The van der Waals surface area contributed by atoms with E-state index >= 15 is 0 Å². The van der Waals surface area contributed by atoms with Crippen LogP contribution >= 0.6 is 22.2 Å². The lowest BCUT2D eigenvalue weighted by Crippen LogP contribution is -2.23. The maximum Gasteiger partial charge on any atom is 0.266 e. The second kappa shape index (κ2) is 4.31. The second-order valence-electron chi connectivity index (χ2n) is 3.08. The van der Waals surface area contributed by atoms with Crippen LogP contribution in [0, 0.1) is 0 Å². The molecule has 0 atom stereocenters. The van der Waals surface area contributed by atoms with E-state index in [2.05, 4.69) is 19.9 Å². The smallest absolute Gasteiger partial charge is 0.144 e. The van der Waals surface area contributed by atoms with Gasteiger partial charge in [-0.3, -0.25) is 0 Å². The number of halogens is 2. The number of rotatable bonds is 2. The molecule has 0 bridgehead atoms. The van der Waals surface area contributed by atoms with Crippen LogP contribution in [0.1, 0.15) is 25.3 Å². The monoisotopic (exact) mass is 218 g/mol. The Kier molecular flexibility index (Phi) is 3.63. The van der Waals surface area contributed by atoms with E-state index in [4.69, 9.17) is 22.2 Å². The van der Waals surface area contributed by atoms with Crippen molar-refractivity contribution in [3.05, 3.63) is 29.8 Å². The van der Waals surface area contributed by atoms with Gasteiger partial charge in [0, 0.05) is 0 Å². The first-order valence-corrected chi connectivity index (χ1v) is 8.06. The summed E-state index contributed by atoms with van der Waals surface area (Å²) in [6, 6.07) is 8.16. The van der Waals surface area contributed by atoms with Crippen LogP contribution in [0.3, 0.4) is 0 Å². The Morgan fingerprint density at radius 2 is 1.75 bits per heavy atom. The molecule has 0 saturated carbocycles. The van der Waals surface area contributed by atoms with E-state index in [1.807, 2.05) is 18.2 Å². The van der Waals surface area contributed by atoms with Gasteiger partial charge in [0.05, 0.1) is 0 Å². The SMILES string of the molecule is CC(C)c1ccccc1[SiH](Cl)Cl. The van der Waals surface area contributed by atoms with Crippen molar-refractivity contribution >= 4 is 34.8 Å². The van der Waals surface area contributed by atoms with Gasteiger partial charge in [0.25, 0.3) is 7.42 Å². The van der Waals surface area contributed by atoms with Gasteiger partial charge in [-0.1, -0.05) is 38.1 Å². The zero-order valence-electron chi connectivity index (χ0n) is 7.22. The Morgan fingerprint density at radius 3 is 2.17 bits per heavy atom. The largest absolute Gasteiger partial charge is 0.266 e. The lowest BCUT2D eigenvalue weighted by atomic mass is 10.0. The Bertz CT molecular complexity index is 231. The third kappa shape index (κ3) is 2.25. The van der Waals surface area contributed by atoms with Gasteiger partial charge < -0.3 is 0 Å². The molecule has 0 radical (unpaired) electrons. The van der Waals surface area contributed by atoms with E-state index in [0.29, 0.717) is 5.92 Å².